The molecular weight excluding hydrogens is 258 g/mol. The van der Waals surface area contributed by atoms with Gasteiger partial charge in [-0.1, -0.05) is 18.2 Å². The lowest BCUT2D eigenvalue weighted by molar-refractivity contribution is 0.0953. The Labute approximate surface area is 117 Å². The molecular formula is C14H17N3OS. The molecule has 0 atom stereocenters. The number of carbonyl (C=O) groups excluding carboxylic acids is 1. The number of hydrogen-bond donors (Lipinski definition) is 1. The third-order valence-corrected chi connectivity index (χ3v) is 3.68. The summed E-state index contributed by atoms with van der Waals surface area (Å²) < 4.78 is 1.63. The normalized spacial score (nSPS) is 10.4. The highest BCUT2D eigenvalue weighted by atomic mass is 32.2. The Kier molecular flexibility index (Phi) is 5.03. The van der Waals surface area contributed by atoms with E-state index >= 15 is 0 Å². The fraction of sp³-hybridized carbons (Fsp3) is 0.286. The molecule has 2 aromatic rings. The van der Waals surface area contributed by atoms with Crippen molar-refractivity contribution >= 4 is 17.7 Å². The number of amides is 1. The predicted molar refractivity (Wildman–Crippen MR) is 77.3 cm³/mol. The molecule has 4 nitrogen and oxygen atoms in total. The Morgan fingerprint density at radius 1 is 1.37 bits per heavy atom. The summed E-state index contributed by atoms with van der Waals surface area (Å²) in [7, 11) is 1.80. The molecule has 2 rings (SSSR count). The summed E-state index contributed by atoms with van der Waals surface area (Å²) in [5, 5.41) is 6.87. The molecule has 0 bridgehead atoms. The van der Waals surface area contributed by atoms with E-state index in [4.69, 9.17) is 0 Å². The Bertz CT molecular complexity index is 524. The van der Waals surface area contributed by atoms with Crippen molar-refractivity contribution in [1.82, 2.24) is 15.1 Å². The molecule has 0 radical (unpaired) electrons. The Balaban J connectivity index is 1.63. The molecule has 1 heterocycles. The summed E-state index contributed by atoms with van der Waals surface area (Å²) in [5.41, 5.74) is 0.609. The number of aryl methyl sites for hydroxylation is 1. The lowest BCUT2D eigenvalue weighted by atomic mass is 10.3. The highest BCUT2D eigenvalue weighted by Crippen LogP contribution is 2.17. The molecule has 0 aliphatic heterocycles. The van der Waals surface area contributed by atoms with Gasteiger partial charge in [-0.25, -0.2) is 0 Å². The van der Waals surface area contributed by atoms with Gasteiger partial charge in [0.1, 0.15) is 0 Å². The molecule has 0 unspecified atom stereocenters. The Morgan fingerprint density at radius 3 is 2.84 bits per heavy atom. The van der Waals surface area contributed by atoms with Crippen molar-refractivity contribution in [2.45, 2.75) is 11.3 Å². The maximum Gasteiger partial charge on any atom is 0.254 e. The summed E-state index contributed by atoms with van der Waals surface area (Å²) in [5.74, 6) is 0.940. The predicted octanol–water partition coefficient (Wildman–Crippen LogP) is 2.33. The number of hydrogen-bond acceptors (Lipinski definition) is 3. The first-order valence-corrected chi connectivity index (χ1v) is 7.19. The number of nitrogens with one attached hydrogen (secondary N) is 1. The highest BCUT2D eigenvalue weighted by molar-refractivity contribution is 7.99. The molecule has 5 heteroatoms. The van der Waals surface area contributed by atoms with Gasteiger partial charge in [0.2, 0.25) is 0 Å². The number of aromatic nitrogens is 2. The van der Waals surface area contributed by atoms with E-state index in [1.807, 2.05) is 18.2 Å². The third-order valence-electron chi connectivity index (χ3n) is 2.59. The van der Waals surface area contributed by atoms with E-state index in [1.165, 1.54) is 4.90 Å². The van der Waals surface area contributed by atoms with Crippen LogP contribution in [0.1, 0.15) is 16.8 Å². The topological polar surface area (TPSA) is 46.9 Å². The van der Waals surface area contributed by atoms with Gasteiger partial charge in [-0.05, 0) is 24.3 Å². The van der Waals surface area contributed by atoms with E-state index in [9.17, 15) is 4.79 Å². The van der Waals surface area contributed by atoms with Crippen molar-refractivity contribution in [3.63, 3.8) is 0 Å². The van der Waals surface area contributed by atoms with Crippen LogP contribution in [0.3, 0.4) is 0 Å². The fourth-order valence-corrected chi connectivity index (χ4v) is 2.50. The summed E-state index contributed by atoms with van der Waals surface area (Å²) >= 11 is 1.80. The summed E-state index contributed by atoms with van der Waals surface area (Å²) in [6.45, 7) is 0.688. The minimum Gasteiger partial charge on any atom is -0.352 e. The highest BCUT2D eigenvalue weighted by Gasteiger charge is 2.06. The molecule has 1 N–H and O–H groups in total. The lowest BCUT2D eigenvalue weighted by Gasteiger charge is -2.03. The van der Waals surface area contributed by atoms with Gasteiger partial charge in [0.15, 0.2) is 0 Å². The van der Waals surface area contributed by atoms with E-state index in [1.54, 1.807) is 35.9 Å². The molecule has 100 valence electrons. The van der Waals surface area contributed by atoms with Crippen LogP contribution in [0.4, 0.5) is 0 Å². The molecule has 1 amide bonds. The Morgan fingerprint density at radius 2 is 2.16 bits per heavy atom. The molecule has 0 aliphatic rings. The van der Waals surface area contributed by atoms with Gasteiger partial charge in [0.25, 0.3) is 5.91 Å². The smallest absolute Gasteiger partial charge is 0.254 e. The molecule has 19 heavy (non-hydrogen) atoms. The van der Waals surface area contributed by atoms with Crippen molar-refractivity contribution in [2.75, 3.05) is 12.3 Å². The van der Waals surface area contributed by atoms with Crippen LogP contribution in [0.15, 0.2) is 47.6 Å². The zero-order chi connectivity index (χ0) is 13.5. The summed E-state index contributed by atoms with van der Waals surface area (Å²) in [6.07, 6.45) is 4.24. The van der Waals surface area contributed by atoms with E-state index in [0.29, 0.717) is 12.1 Å². The lowest BCUT2D eigenvalue weighted by Crippen LogP contribution is -2.24. The average Bonchev–Trinajstić information content (AvgIpc) is 2.86. The monoisotopic (exact) mass is 275 g/mol. The molecule has 0 spiro atoms. The second kappa shape index (κ2) is 6.99. The first-order valence-electron chi connectivity index (χ1n) is 6.20. The maximum absolute atomic E-state index is 11.7. The third kappa shape index (κ3) is 4.44. The van der Waals surface area contributed by atoms with Crippen molar-refractivity contribution in [1.29, 1.82) is 0 Å². The van der Waals surface area contributed by atoms with Crippen molar-refractivity contribution in [3.8, 4) is 0 Å². The zero-order valence-corrected chi connectivity index (χ0v) is 11.7. The summed E-state index contributed by atoms with van der Waals surface area (Å²) in [6, 6.07) is 10.3. The molecule has 0 fully saturated rings. The van der Waals surface area contributed by atoms with Gasteiger partial charge in [-0.3, -0.25) is 9.48 Å². The minimum atomic E-state index is -0.0576. The van der Waals surface area contributed by atoms with Gasteiger partial charge < -0.3 is 5.32 Å². The maximum atomic E-state index is 11.7. The first kappa shape index (κ1) is 13.7. The van der Waals surface area contributed by atoms with Gasteiger partial charge in [0, 0.05) is 24.7 Å². The Hall–Kier alpha value is -1.75. The van der Waals surface area contributed by atoms with E-state index in [-0.39, 0.29) is 5.91 Å². The standard InChI is InChI=1S/C14H17N3OS/c1-17-11-12(10-16-17)14(18)15-8-5-9-19-13-6-3-2-4-7-13/h2-4,6-7,10-11H,5,8-9H2,1H3,(H,15,18). The van der Waals surface area contributed by atoms with Crippen LogP contribution < -0.4 is 5.32 Å². The van der Waals surface area contributed by atoms with Crippen molar-refractivity contribution in [3.05, 3.63) is 48.3 Å². The molecule has 1 aromatic carbocycles. The van der Waals surface area contributed by atoms with E-state index in [2.05, 4.69) is 22.5 Å². The number of nitrogens with zero attached hydrogens (tertiary/aromatic N) is 2. The second-order valence-electron chi connectivity index (χ2n) is 4.17. The molecule has 1 aromatic heterocycles. The van der Waals surface area contributed by atoms with Crippen LogP contribution in [0.5, 0.6) is 0 Å². The number of rotatable bonds is 6. The van der Waals surface area contributed by atoms with E-state index in [0.717, 1.165) is 12.2 Å². The molecule has 0 saturated heterocycles. The van der Waals surface area contributed by atoms with Crippen molar-refractivity contribution in [2.24, 2.45) is 7.05 Å². The largest absolute Gasteiger partial charge is 0.352 e. The van der Waals surface area contributed by atoms with Crippen LogP contribution in [-0.2, 0) is 7.05 Å². The van der Waals surface area contributed by atoms with E-state index < -0.39 is 0 Å². The fourth-order valence-electron chi connectivity index (χ4n) is 1.62. The van der Waals surface area contributed by atoms with Gasteiger partial charge in [-0.15, -0.1) is 11.8 Å². The number of carbonyl (C=O) groups is 1. The van der Waals surface area contributed by atoms with Crippen LogP contribution in [0.2, 0.25) is 0 Å². The quantitative estimate of drug-likeness (QED) is 0.650. The van der Waals surface area contributed by atoms with Gasteiger partial charge in [0.05, 0.1) is 11.8 Å². The number of benzene rings is 1. The van der Waals surface area contributed by atoms with Crippen LogP contribution in [-0.4, -0.2) is 28.0 Å². The van der Waals surface area contributed by atoms with Crippen LogP contribution >= 0.6 is 11.8 Å². The van der Waals surface area contributed by atoms with Crippen molar-refractivity contribution < 1.29 is 4.79 Å². The zero-order valence-electron chi connectivity index (χ0n) is 10.9. The first-order chi connectivity index (χ1) is 9.25. The molecule has 0 saturated carbocycles. The average molecular weight is 275 g/mol. The number of thioether (sulfide) groups is 1. The summed E-state index contributed by atoms with van der Waals surface area (Å²) in [4.78, 5) is 13.0. The SMILES string of the molecule is Cn1cc(C(=O)NCCCSc2ccccc2)cn1. The van der Waals surface area contributed by atoms with Gasteiger partial charge in [-0.2, -0.15) is 5.10 Å². The van der Waals surface area contributed by atoms with Crippen LogP contribution in [0.25, 0.3) is 0 Å². The molecule has 0 aliphatic carbocycles. The minimum absolute atomic E-state index is 0.0576. The van der Waals surface area contributed by atoms with Gasteiger partial charge >= 0.3 is 0 Å². The van der Waals surface area contributed by atoms with Crippen LogP contribution in [0, 0.1) is 0 Å². The second-order valence-corrected chi connectivity index (χ2v) is 5.34.